The highest BCUT2D eigenvalue weighted by Gasteiger charge is 2.18. The van der Waals surface area contributed by atoms with Gasteiger partial charge in [-0.2, -0.15) is 0 Å². The molecule has 0 aliphatic carbocycles. The minimum absolute atomic E-state index is 0.0729. The van der Waals surface area contributed by atoms with Gasteiger partial charge in [0.25, 0.3) is 0 Å². The lowest BCUT2D eigenvalue weighted by molar-refractivity contribution is -0.123. The number of rotatable bonds is 51. The van der Waals surface area contributed by atoms with Crippen molar-refractivity contribution in [1.29, 1.82) is 0 Å². The number of amides is 1. The van der Waals surface area contributed by atoms with Crippen molar-refractivity contribution in [2.24, 2.45) is 0 Å². The molecular weight excluding hydrogens is 771 g/mol. The molecule has 4 nitrogen and oxygen atoms in total. The van der Waals surface area contributed by atoms with Gasteiger partial charge in [-0.3, -0.25) is 4.79 Å². The first kappa shape index (κ1) is 61.1. The molecule has 0 saturated carbocycles. The molecule has 0 aliphatic rings. The van der Waals surface area contributed by atoms with Crippen LogP contribution in [0.2, 0.25) is 0 Å². The summed E-state index contributed by atoms with van der Waals surface area (Å²) >= 11 is 0. The second-order valence-electron chi connectivity index (χ2n) is 19.0. The molecule has 0 aromatic heterocycles. The van der Waals surface area contributed by atoms with Crippen LogP contribution in [0, 0.1) is 0 Å². The molecule has 368 valence electrons. The highest BCUT2D eigenvalue weighted by Crippen LogP contribution is 2.16. The zero-order valence-electron chi connectivity index (χ0n) is 42.3. The van der Waals surface area contributed by atoms with E-state index >= 15 is 0 Å². The molecule has 0 heterocycles. The Bertz CT molecular complexity index is 1040. The molecule has 0 aromatic carbocycles. The zero-order chi connectivity index (χ0) is 45.6. The Morgan fingerprint density at radius 1 is 0.381 bits per heavy atom. The van der Waals surface area contributed by atoms with Gasteiger partial charge in [-0.1, -0.05) is 274 Å². The maximum atomic E-state index is 12.5. The highest BCUT2D eigenvalue weighted by molar-refractivity contribution is 5.76. The molecule has 0 aromatic rings. The van der Waals surface area contributed by atoms with Crippen LogP contribution in [0.1, 0.15) is 290 Å². The van der Waals surface area contributed by atoms with E-state index in [1.807, 2.05) is 6.08 Å². The maximum Gasteiger partial charge on any atom is 0.220 e. The Balaban J connectivity index is 3.54. The lowest BCUT2D eigenvalue weighted by Gasteiger charge is -2.19. The highest BCUT2D eigenvalue weighted by atomic mass is 16.3. The number of aliphatic hydroxyl groups is 2. The molecule has 0 saturated heterocycles. The molecule has 0 bridgehead atoms. The van der Waals surface area contributed by atoms with E-state index in [-0.39, 0.29) is 12.5 Å². The summed E-state index contributed by atoms with van der Waals surface area (Å²) in [5.41, 5.74) is 0. The Kier molecular flexibility index (Phi) is 52.8. The fourth-order valence-corrected chi connectivity index (χ4v) is 8.44. The van der Waals surface area contributed by atoms with Gasteiger partial charge in [0.15, 0.2) is 0 Å². The number of hydrogen-bond acceptors (Lipinski definition) is 3. The summed E-state index contributed by atoms with van der Waals surface area (Å²) in [6, 6.07) is -0.642. The van der Waals surface area contributed by atoms with E-state index in [0.717, 1.165) is 44.9 Å². The Labute approximate surface area is 394 Å². The summed E-state index contributed by atoms with van der Waals surface area (Å²) in [4.78, 5) is 12.5. The fraction of sp³-hybridized carbons (Fsp3) is 0.814. The molecule has 0 fully saturated rings. The molecule has 0 spiro atoms. The summed E-state index contributed by atoms with van der Waals surface area (Å²) in [5.74, 6) is -0.0729. The van der Waals surface area contributed by atoms with Gasteiger partial charge >= 0.3 is 0 Å². The number of aliphatic hydroxyl groups excluding tert-OH is 2. The van der Waals surface area contributed by atoms with Crippen molar-refractivity contribution >= 4 is 5.91 Å². The van der Waals surface area contributed by atoms with Crippen LogP contribution in [-0.2, 0) is 4.79 Å². The van der Waals surface area contributed by atoms with E-state index < -0.39 is 12.1 Å². The molecule has 1 amide bonds. The van der Waals surface area contributed by atoms with Crippen LogP contribution in [0.3, 0.4) is 0 Å². The third kappa shape index (κ3) is 50.9. The van der Waals surface area contributed by atoms with Gasteiger partial charge in [-0.05, 0) is 70.6 Å². The van der Waals surface area contributed by atoms with Crippen LogP contribution < -0.4 is 5.32 Å². The number of carbonyl (C=O) groups excluding carboxylic acids is 1. The summed E-state index contributed by atoms with van der Waals surface area (Å²) in [6.45, 7) is 4.31. The summed E-state index contributed by atoms with van der Waals surface area (Å²) < 4.78 is 0. The molecule has 3 N–H and O–H groups in total. The van der Waals surface area contributed by atoms with Gasteiger partial charge in [-0.25, -0.2) is 0 Å². The van der Waals surface area contributed by atoms with E-state index in [9.17, 15) is 15.0 Å². The number of nitrogens with one attached hydrogen (secondary N) is 1. The molecule has 0 radical (unpaired) electrons. The van der Waals surface area contributed by atoms with Crippen LogP contribution in [0.5, 0.6) is 0 Å². The van der Waals surface area contributed by atoms with Crippen molar-refractivity contribution in [2.45, 2.75) is 302 Å². The van der Waals surface area contributed by atoms with Crippen molar-refractivity contribution < 1.29 is 15.0 Å². The van der Waals surface area contributed by atoms with Crippen molar-refractivity contribution in [3.05, 3.63) is 60.8 Å². The molecule has 2 atom stereocenters. The number of carbonyl (C=O) groups is 1. The summed E-state index contributed by atoms with van der Waals surface area (Å²) in [6.07, 6.45) is 76.6. The standard InChI is InChI=1S/C59H109NO3/c1-3-5-7-9-11-13-15-17-19-21-23-25-27-28-29-30-31-32-33-35-37-39-41-43-45-47-49-51-53-55-59(63)60-57(56-61)58(62)54-52-50-48-46-44-42-40-38-36-34-26-24-22-20-18-16-14-12-10-8-6-4-2/h15,17,21,23,27-28,44,46,52,54,57-58,61-62H,3-14,16,18-20,22,24-26,29-43,45,47-51,53,55-56H2,1-2H3,(H,60,63)/b17-15-,23-21-,28-27-,46-44+,54-52+. The third-order valence-electron chi connectivity index (χ3n) is 12.7. The van der Waals surface area contributed by atoms with Gasteiger partial charge in [0.1, 0.15) is 0 Å². The van der Waals surface area contributed by atoms with Crippen molar-refractivity contribution in [3.63, 3.8) is 0 Å². The van der Waals surface area contributed by atoms with Crippen molar-refractivity contribution in [3.8, 4) is 0 Å². The number of unbranched alkanes of at least 4 members (excludes halogenated alkanes) is 36. The predicted octanol–water partition coefficient (Wildman–Crippen LogP) is 18.4. The minimum Gasteiger partial charge on any atom is -0.394 e. The predicted molar refractivity (Wildman–Crippen MR) is 281 cm³/mol. The quantitative estimate of drug-likeness (QED) is 0.0421. The number of allylic oxidation sites excluding steroid dienone is 9. The molecule has 0 rings (SSSR count). The second kappa shape index (κ2) is 54.4. The molecular formula is C59H109NO3. The van der Waals surface area contributed by atoms with E-state index in [1.165, 1.54) is 225 Å². The molecule has 2 unspecified atom stereocenters. The number of hydrogen-bond donors (Lipinski definition) is 3. The average molecular weight is 881 g/mol. The van der Waals surface area contributed by atoms with Gasteiger partial charge in [0.2, 0.25) is 5.91 Å². The van der Waals surface area contributed by atoms with Crippen molar-refractivity contribution in [1.82, 2.24) is 5.32 Å². The zero-order valence-corrected chi connectivity index (χ0v) is 42.3. The van der Waals surface area contributed by atoms with Crippen LogP contribution in [0.25, 0.3) is 0 Å². The smallest absolute Gasteiger partial charge is 0.220 e. The van der Waals surface area contributed by atoms with E-state index in [4.69, 9.17) is 0 Å². The topological polar surface area (TPSA) is 69.6 Å². The van der Waals surface area contributed by atoms with Gasteiger partial charge in [0, 0.05) is 6.42 Å². The molecule has 0 aliphatic heterocycles. The molecule has 63 heavy (non-hydrogen) atoms. The minimum atomic E-state index is -0.865. The van der Waals surface area contributed by atoms with E-state index in [1.54, 1.807) is 6.08 Å². The monoisotopic (exact) mass is 880 g/mol. The summed E-state index contributed by atoms with van der Waals surface area (Å²) in [5, 5.41) is 23.1. The lowest BCUT2D eigenvalue weighted by Crippen LogP contribution is -2.45. The van der Waals surface area contributed by atoms with Gasteiger partial charge in [-0.15, -0.1) is 0 Å². The van der Waals surface area contributed by atoms with Crippen LogP contribution >= 0.6 is 0 Å². The fourth-order valence-electron chi connectivity index (χ4n) is 8.44. The van der Waals surface area contributed by atoms with E-state index in [2.05, 4.69) is 67.8 Å². The molecule has 4 heteroatoms. The van der Waals surface area contributed by atoms with Crippen LogP contribution in [0.4, 0.5) is 0 Å². The Morgan fingerprint density at radius 2 is 0.667 bits per heavy atom. The average Bonchev–Trinajstić information content (AvgIpc) is 3.29. The normalized spacial score (nSPS) is 13.3. The summed E-state index contributed by atoms with van der Waals surface area (Å²) in [7, 11) is 0. The first-order valence-corrected chi connectivity index (χ1v) is 28.0. The van der Waals surface area contributed by atoms with Crippen molar-refractivity contribution in [2.75, 3.05) is 6.61 Å². The Hall–Kier alpha value is -1.91. The van der Waals surface area contributed by atoms with Gasteiger partial charge < -0.3 is 15.5 Å². The van der Waals surface area contributed by atoms with Crippen LogP contribution in [-0.4, -0.2) is 34.9 Å². The SMILES string of the molecule is CCCCCCC/C=C\C/C=C\C/C=C\CCCCCCCCCCCCCCCCC(=O)NC(CO)C(O)/C=C/CC/C=C/CCCCCCCCCCCCCCCCCC. The first-order chi connectivity index (χ1) is 31.2. The maximum absolute atomic E-state index is 12.5. The first-order valence-electron chi connectivity index (χ1n) is 28.0. The second-order valence-corrected chi connectivity index (χ2v) is 19.0. The lowest BCUT2D eigenvalue weighted by atomic mass is 10.0. The van der Waals surface area contributed by atoms with E-state index in [0.29, 0.717) is 6.42 Å². The van der Waals surface area contributed by atoms with Gasteiger partial charge in [0.05, 0.1) is 18.8 Å². The van der Waals surface area contributed by atoms with Crippen LogP contribution in [0.15, 0.2) is 60.8 Å². The third-order valence-corrected chi connectivity index (χ3v) is 12.7. The largest absolute Gasteiger partial charge is 0.394 e. The Morgan fingerprint density at radius 3 is 1.03 bits per heavy atom.